The van der Waals surface area contributed by atoms with Gasteiger partial charge in [0.1, 0.15) is 0 Å². The number of carbonyl (C=O) groups excluding carboxylic acids is 1. The first-order chi connectivity index (χ1) is 3.88. The SMILES string of the molecule is O=C1NNC=C2CC12. The molecular formula is C5H6N2O. The van der Waals surface area contributed by atoms with Crippen LogP contribution in [0.15, 0.2) is 11.8 Å². The van der Waals surface area contributed by atoms with E-state index in [1.54, 1.807) is 0 Å². The van der Waals surface area contributed by atoms with Gasteiger partial charge in [-0.15, -0.1) is 0 Å². The second kappa shape index (κ2) is 1.05. The highest BCUT2D eigenvalue weighted by atomic mass is 16.2. The van der Waals surface area contributed by atoms with E-state index in [9.17, 15) is 4.79 Å². The van der Waals surface area contributed by atoms with E-state index in [-0.39, 0.29) is 11.8 Å². The van der Waals surface area contributed by atoms with Crippen LogP contribution in [0.3, 0.4) is 0 Å². The van der Waals surface area contributed by atoms with E-state index in [0.717, 1.165) is 6.42 Å². The standard InChI is InChI=1S/C5H6N2O/c8-5-4-1-3(4)2-6-7-5/h2,4,6H,1H2,(H,7,8). The highest BCUT2D eigenvalue weighted by molar-refractivity contribution is 5.86. The fourth-order valence-corrected chi connectivity index (χ4v) is 0.884. The summed E-state index contributed by atoms with van der Waals surface area (Å²) in [5.74, 6) is 0.332. The summed E-state index contributed by atoms with van der Waals surface area (Å²) in [6, 6.07) is 0. The molecule has 2 N–H and O–H groups in total. The van der Waals surface area contributed by atoms with Crippen LogP contribution < -0.4 is 10.9 Å². The second-order valence-corrected chi connectivity index (χ2v) is 2.11. The average Bonchev–Trinajstić information content (AvgIpc) is 2.45. The van der Waals surface area contributed by atoms with Crippen molar-refractivity contribution in [2.75, 3.05) is 0 Å². The molecule has 0 spiro atoms. The predicted molar refractivity (Wildman–Crippen MR) is 27.5 cm³/mol. The van der Waals surface area contributed by atoms with Crippen LogP contribution in [0.2, 0.25) is 0 Å². The van der Waals surface area contributed by atoms with Gasteiger partial charge in [0.05, 0.1) is 5.92 Å². The first-order valence-corrected chi connectivity index (χ1v) is 2.62. The van der Waals surface area contributed by atoms with E-state index in [1.807, 2.05) is 6.20 Å². The van der Waals surface area contributed by atoms with Crippen molar-refractivity contribution in [2.24, 2.45) is 5.92 Å². The van der Waals surface area contributed by atoms with Gasteiger partial charge in [0, 0.05) is 6.20 Å². The Morgan fingerprint density at radius 3 is 3.25 bits per heavy atom. The van der Waals surface area contributed by atoms with Crippen molar-refractivity contribution < 1.29 is 4.79 Å². The molecule has 0 bridgehead atoms. The average molecular weight is 110 g/mol. The van der Waals surface area contributed by atoms with Crippen LogP contribution in [0.1, 0.15) is 6.42 Å². The van der Waals surface area contributed by atoms with E-state index >= 15 is 0 Å². The molecule has 0 saturated heterocycles. The Hall–Kier alpha value is -0.990. The largest absolute Gasteiger partial charge is 0.306 e. The van der Waals surface area contributed by atoms with Gasteiger partial charge in [-0.1, -0.05) is 0 Å². The summed E-state index contributed by atoms with van der Waals surface area (Å²) in [4.78, 5) is 10.6. The summed E-state index contributed by atoms with van der Waals surface area (Å²) >= 11 is 0. The van der Waals surface area contributed by atoms with Crippen LogP contribution in [-0.4, -0.2) is 5.91 Å². The Bertz CT molecular complexity index is 173. The zero-order valence-corrected chi connectivity index (χ0v) is 4.27. The molecule has 1 heterocycles. The molecule has 1 aliphatic carbocycles. The van der Waals surface area contributed by atoms with E-state index in [4.69, 9.17) is 0 Å². The summed E-state index contributed by atoms with van der Waals surface area (Å²) in [5.41, 5.74) is 6.40. The number of fused-ring (bicyclic) bond motifs is 1. The Morgan fingerprint density at radius 2 is 2.62 bits per heavy atom. The zero-order chi connectivity index (χ0) is 5.56. The molecule has 2 aliphatic rings. The maximum atomic E-state index is 10.6. The van der Waals surface area contributed by atoms with Crippen molar-refractivity contribution in [1.29, 1.82) is 0 Å². The summed E-state index contributed by atoms with van der Waals surface area (Å²) in [5, 5.41) is 0. The Kier molecular flexibility index (Phi) is 0.516. The lowest BCUT2D eigenvalue weighted by Crippen LogP contribution is -2.37. The summed E-state index contributed by atoms with van der Waals surface area (Å²) in [6.45, 7) is 0. The molecule has 0 aromatic heterocycles. The van der Waals surface area contributed by atoms with Crippen molar-refractivity contribution >= 4 is 5.91 Å². The molecule has 3 heteroatoms. The number of nitrogens with one attached hydrogen (secondary N) is 2. The molecule has 1 fully saturated rings. The molecule has 42 valence electrons. The lowest BCUT2D eigenvalue weighted by atomic mass is 10.4. The fraction of sp³-hybridized carbons (Fsp3) is 0.400. The maximum Gasteiger partial charge on any atom is 0.245 e. The molecule has 1 saturated carbocycles. The van der Waals surface area contributed by atoms with E-state index in [1.165, 1.54) is 5.57 Å². The third kappa shape index (κ3) is 0.358. The number of hydrogen-bond acceptors (Lipinski definition) is 2. The maximum absolute atomic E-state index is 10.6. The third-order valence-electron chi connectivity index (χ3n) is 1.50. The van der Waals surface area contributed by atoms with Crippen LogP contribution in [0.25, 0.3) is 0 Å². The molecule has 1 unspecified atom stereocenters. The van der Waals surface area contributed by atoms with E-state index in [0.29, 0.717) is 0 Å². The smallest absolute Gasteiger partial charge is 0.245 e. The summed E-state index contributed by atoms with van der Waals surface area (Å²) in [7, 11) is 0. The first kappa shape index (κ1) is 3.95. The molecule has 8 heavy (non-hydrogen) atoms. The van der Waals surface area contributed by atoms with Crippen molar-refractivity contribution in [3.63, 3.8) is 0 Å². The molecular weight excluding hydrogens is 104 g/mol. The topological polar surface area (TPSA) is 41.1 Å². The van der Waals surface area contributed by atoms with E-state index < -0.39 is 0 Å². The van der Waals surface area contributed by atoms with Gasteiger partial charge in [-0.2, -0.15) is 0 Å². The van der Waals surface area contributed by atoms with Crippen LogP contribution in [0, 0.1) is 5.92 Å². The molecule has 1 amide bonds. The lowest BCUT2D eigenvalue weighted by molar-refractivity contribution is -0.122. The van der Waals surface area contributed by atoms with Gasteiger partial charge in [-0.05, 0) is 12.0 Å². The zero-order valence-electron chi connectivity index (χ0n) is 4.27. The van der Waals surface area contributed by atoms with Crippen molar-refractivity contribution in [2.45, 2.75) is 6.42 Å². The number of hydrogen-bond donors (Lipinski definition) is 2. The molecule has 1 aliphatic heterocycles. The van der Waals surface area contributed by atoms with Crippen molar-refractivity contribution in [1.82, 2.24) is 10.9 Å². The fourth-order valence-electron chi connectivity index (χ4n) is 0.884. The minimum Gasteiger partial charge on any atom is -0.306 e. The van der Waals surface area contributed by atoms with Crippen LogP contribution in [-0.2, 0) is 4.79 Å². The molecule has 0 aromatic rings. The molecule has 0 aromatic carbocycles. The van der Waals surface area contributed by atoms with Gasteiger partial charge < -0.3 is 5.43 Å². The Morgan fingerprint density at radius 1 is 1.75 bits per heavy atom. The van der Waals surface area contributed by atoms with Gasteiger partial charge in [0.25, 0.3) is 0 Å². The van der Waals surface area contributed by atoms with Gasteiger partial charge in [0.2, 0.25) is 5.91 Å². The third-order valence-corrected chi connectivity index (χ3v) is 1.50. The van der Waals surface area contributed by atoms with Crippen LogP contribution >= 0.6 is 0 Å². The number of rotatable bonds is 0. The number of carbonyl (C=O) groups is 1. The Labute approximate surface area is 46.7 Å². The number of amides is 1. The summed E-state index contributed by atoms with van der Waals surface area (Å²) in [6.07, 6.45) is 2.81. The normalized spacial score (nSPS) is 31.8. The van der Waals surface area contributed by atoms with Gasteiger partial charge in [-0.25, -0.2) is 0 Å². The van der Waals surface area contributed by atoms with Gasteiger partial charge in [-0.3, -0.25) is 10.2 Å². The first-order valence-electron chi connectivity index (χ1n) is 2.62. The minimum atomic E-state index is 0.113. The molecule has 2 rings (SSSR count). The number of hydrazine groups is 1. The molecule has 3 nitrogen and oxygen atoms in total. The van der Waals surface area contributed by atoms with Gasteiger partial charge in [0.15, 0.2) is 0 Å². The molecule has 1 atom stereocenters. The van der Waals surface area contributed by atoms with Crippen LogP contribution in [0.4, 0.5) is 0 Å². The minimum absolute atomic E-state index is 0.113. The molecule has 0 radical (unpaired) electrons. The van der Waals surface area contributed by atoms with Gasteiger partial charge >= 0.3 is 0 Å². The predicted octanol–water partition coefficient (Wildman–Crippen LogP) is -0.475. The highest BCUT2D eigenvalue weighted by Crippen LogP contribution is 2.37. The van der Waals surface area contributed by atoms with Crippen LogP contribution in [0.5, 0.6) is 0 Å². The second-order valence-electron chi connectivity index (χ2n) is 2.11. The summed E-state index contributed by atoms with van der Waals surface area (Å²) < 4.78 is 0. The monoisotopic (exact) mass is 110 g/mol. The quantitative estimate of drug-likeness (QED) is 0.442. The van der Waals surface area contributed by atoms with Crippen molar-refractivity contribution in [3.8, 4) is 0 Å². The highest BCUT2D eigenvalue weighted by Gasteiger charge is 2.38. The Balaban J connectivity index is 2.28. The van der Waals surface area contributed by atoms with Crippen molar-refractivity contribution in [3.05, 3.63) is 11.8 Å². The lowest BCUT2D eigenvalue weighted by Gasteiger charge is -2.04. The van der Waals surface area contributed by atoms with E-state index in [2.05, 4.69) is 10.9 Å².